The molecule has 32 heavy (non-hydrogen) atoms. The highest BCUT2D eigenvalue weighted by Gasteiger charge is 2.60. The number of allylic oxidation sites excluding steroid dienone is 3. The third-order valence-electron chi connectivity index (χ3n) is 8.88. The van der Waals surface area contributed by atoms with Crippen molar-refractivity contribution in [2.75, 3.05) is 0 Å². The Morgan fingerprint density at radius 2 is 1.88 bits per heavy atom. The smallest absolute Gasteiger partial charge is 0.105 e. The predicted octanol–water partition coefficient (Wildman–Crippen LogP) is 6.90. The van der Waals surface area contributed by atoms with Crippen molar-refractivity contribution in [3.8, 4) is 0 Å². The van der Waals surface area contributed by atoms with Gasteiger partial charge in [-0.3, -0.25) is 0 Å². The van der Waals surface area contributed by atoms with Crippen LogP contribution in [0, 0.1) is 11.8 Å². The van der Waals surface area contributed by atoms with Crippen molar-refractivity contribution in [3.05, 3.63) is 75.2 Å². The second kappa shape index (κ2) is 6.72. The average Bonchev–Trinajstić information content (AvgIpc) is 3.45. The fourth-order valence-corrected chi connectivity index (χ4v) is 9.44. The number of aliphatic hydroxyl groups excluding tert-OH is 1. The van der Waals surface area contributed by atoms with Gasteiger partial charge in [0, 0.05) is 24.5 Å². The van der Waals surface area contributed by atoms with Crippen LogP contribution in [-0.4, -0.2) is 30.3 Å². The van der Waals surface area contributed by atoms with Crippen LogP contribution in [0.4, 0.5) is 4.39 Å². The highest BCUT2D eigenvalue weighted by atomic mass is 28.3. The van der Waals surface area contributed by atoms with Crippen LogP contribution in [0.2, 0.25) is 25.2 Å². The molecular weight excluding hydrogens is 413 g/mol. The first-order valence-electron chi connectivity index (χ1n) is 12.2. The van der Waals surface area contributed by atoms with E-state index in [2.05, 4.69) is 68.9 Å². The predicted molar refractivity (Wildman–Crippen MR) is 132 cm³/mol. The number of hydrogen-bond donors (Lipinski definition) is 1. The van der Waals surface area contributed by atoms with Crippen LogP contribution in [-0.2, 0) is 12.8 Å². The number of piperidine rings is 1. The molecule has 6 rings (SSSR count). The third kappa shape index (κ3) is 2.74. The summed E-state index contributed by atoms with van der Waals surface area (Å²) < 4.78 is 15.4. The fourth-order valence-electron chi connectivity index (χ4n) is 7.41. The van der Waals surface area contributed by atoms with Crippen molar-refractivity contribution in [1.29, 1.82) is 0 Å². The number of rotatable bonds is 1. The summed E-state index contributed by atoms with van der Waals surface area (Å²) in [6.45, 7) is 11.4. The normalized spacial score (nSPS) is 36.1. The van der Waals surface area contributed by atoms with Gasteiger partial charge in [-0.25, -0.2) is 4.39 Å². The molecule has 5 aliphatic rings. The minimum atomic E-state index is -1.55. The summed E-state index contributed by atoms with van der Waals surface area (Å²) in [5, 5.41) is 9.94. The molecule has 2 nitrogen and oxygen atoms in total. The van der Waals surface area contributed by atoms with Crippen LogP contribution in [0.1, 0.15) is 48.6 Å². The van der Waals surface area contributed by atoms with Crippen molar-refractivity contribution in [2.24, 2.45) is 11.8 Å². The van der Waals surface area contributed by atoms with Gasteiger partial charge in [0.05, 0.1) is 26.4 Å². The molecule has 168 valence electrons. The van der Waals surface area contributed by atoms with Crippen LogP contribution in [0.3, 0.4) is 0 Å². The van der Waals surface area contributed by atoms with Gasteiger partial charge in [-0.05, 0) is 66.1 Å². The van der Waals surface area contributed by atoms with Crippen LogP contribution < -0.4 is 0 Å². The van der Waals surface area contributed by atoms with Gasteiger partial charge >= 0.3 is 0 Å². The quantitative estimate of drug-likeness (QED) is 0.374. The number of halogens is 1. The summed E-state index contributed by atoms with van der Waals surface area (Å²) in [4.78, 5) is 2.49. The van der Waals surface area contributed by atoms with E-state index in [0.717, 1.165) is 18.4 Å². The van der Waals surface area contributed by atoms with Gasteiger partial charge in [0.1, 0.15) is 6.17 Å². The maximum atomic E-state index is 15.4. The minimum absolute atomic E-state index is 0.208. The van der Waals surface area contributed by atoms with Crippen molar-refractivity contribution < 1.29 is 9.50 Å². The van der Waals surface area contributed by atoms with Crippen molar-refractivity contribution in [3.63, 3.8) is 0 Å². The maximum Gasteiger partial charge on any atom is 0.105 e. The van der Waals surface area contributed by atoms with Crippen LogP contribution in [0.25, 0.3) is 6.08 Å². The summed E-state index contributed by atoms with van der Waals surface area (Å²) >= 11 is 0. The lowest BCUT2D eigenvalue weighted by molar-refractivity contribution is 0.172. The lowest BCUT2D eigenvalue weighted by atomic mass is 9.70. The molecule has 2 aliphatic heterocycles. The summed E-state index contributed by atoms with van der Waals surface area (Å²) in [6.07, 6.45) is 9.95. The van der Waals surface area contributed by atoms with Crippen molar-refractivity contribution in [1.82, 2.24) is 4.90 Å². The molecule has 0 spiro atoms. The van der Waals surface area contributed by atoms with E-state index in [9.17, 15) is 5.11 Å². The molecule has 5 unspecified atom stereocenters. The zero-order valence-electron chi connectivity index (χ0n) is 19.8. The molecule has 2 heterocycles. The van der Waals surface area contributed by atoms with Gasteiger partial charge in [0.2, 0.25) is 0 Å². The first-order valence-corrected chi connectivity index (χ1v) is 15.7. The maximum absolute atomic E-state index is 15.4. The Balaban J connectivity index is 1.47. The lowest BCUT2D eigenvalue weighted by Gasteiger charge is -2.47. The monoisotopic (exact) mass is 447 g/mol. The van der Waals surface area contributed by atoms with Gasteiger partial charge in [0.15, 0.2) is 0 Å². The molecule has 1 saturated carbocycles. The molecule has 1 N–H and O–H groups in total. The molecule has 1 aromatic rings. The number of nitrogens with zero attached hydrogens (tertiary/aromatic N) is 1. The second-order valence-electron chi connectivity index (χ2n) is 11.8. The van der Waals surface area contributed by atoms with Crippen LogP contribution in [0.5, 0.6) is 0 Å². The molecule has 2 fully saturated rings. The first kappa shape index (κ1) is 20.5. The molecular formula is C28H34FNOSi. The second-order valence-corrected chi connectivity index (χ2v) is 17.3. The molecule has 4 heteroatoms. The van der Waals surface area contributed by atoms with Gasteiger partial charge < -0.3 is 10.0 Å². The Bertz CT molecular complexity index is 1140. The van der Waals surface area contributed by atoms with Crippen molar-refractivity contribution in [2.45, 2.75) is 76.5 Å². The SMILES string of the molecule is CC1=CC(C)=C2C(C1)C1c3ccc4c(c3C=CN1C1/C(=C\O)C21)CC(F)[C@H]([Si](C)(C)C)C4. The van der Waals surface area contributed by atoms with E-state index in [0.29, 0.717) is 18.3 Å². The van der Waals surface area contributed by atoms with Gasteiger partial charge in [0.25, 0.3) is 0 Å². The average molecular weight is 448 g/mol. The van der Waals surface area contributed by atoms with E-state index in [-0.39, 0.29) is 17.6 Å². The van der Waals surface area contributed by atoms with E-state index in [4.69, 9.17) is 0 Å². The fraction of sp³-hybridized carbons (Fsp3) is 0.500. The summed E-state index contributed by atoms with van der Waals surface area (Å²) in [7, 11) is -1.55. The molecule has 3 aliphatic carbocycles. The van der Waals surface area contributed by atoms with Gasteiger partial charge in [-0.15, -0.1) is 0 Å². The topological polar surface area (TPSA) is 23.5 Å². The zero-order chi connectivity index (χ0) is 22.5. The van der Waals surface area contributed by atoms with E-state index in [1.807, 2.05) is 0 Å². The van der Waals surface area contributed by atoms with Crippen molar-refractivity contribution >= 4 is 14.1 Å². The first-order chi connectivity index (χ1) is 15.2. The third-order valence-corrected chi connectivity index (χ3v) is 11.7. The van der Waals surface area contributed by atoms with Gasteiger partial charge in [-0.1, -0.05) is 54.6 Å². The van der Waals surface area contributed by atoms with E-state index in [1.54, 1.807) is 0 Å². The molecule has 6 atom stereocenters. The summed E-state index contributed by atoms with van der Waals surface area (Å²) in [6, 6.07) is 5.19. The summed E-state index contributed by atoms with van der Waals surface area (Å²) in [5.74, 6) is 0.766. The van der Waals surface area contributed by atoms with E-state index < -0.39 is 14.2 Å². The molecule has 0 amide bonds. The Morgan fingerprint density at radius 1 is 1.09 bits per heavy atom. The van der Waals surface area contributed by atoms with Gasteiger partial charge in [-0.2, -0.15) is 0 Å². The number of fused-ring (bicyclic) bond motifs is 10. The number of benzene rings is 1. The molecule has 1 aromatic carbocycles. The molecule has 0 bridgehead atoms. The zero-order valence-corrected chi connectivity index (χ0v) is 20.8. The van der Waals surface area contributed by atoms with E-state index >= 15 is 4.39 Å². The largest absolute Gasteiger partial charge is 0.516 e. The standard InChI is InChI=1S/C28H34FNOSi/c1-15-10-16(2)25-21(11-15)27-19-7-6-17-12-24(32(3,4)5)23(29)13-20(17)18(19)8-9-30(27)28-22(14-31)26(25)28/h6-10,14,21,23-24,26-28,31H,11-13H2,1-5H3/b22-14-/t21?,23?,24-,26?,27?,28?/m1/s1. The van der Waals surface area contributed by atoms with E-state index in [1.165, 1.54) is 45.2 Å². The number of aliphatic hydroxyl groups is 1. The minimum Gasteiger partial charge on any atom is -0.516 e. The molecule has 1 saturated heterocycles. The Morgan fingerprint density at radius 3 is 2.59 bits per heavy atom. The number of alkyl halides is 1. The molecule has 0 aromatic heterocycles. The Labute approximate surface area is 192 Å². The number of hydrogen-bond acceptors (Lipinski definition) is 2. The summed E-state index contributed by atoms with van der Waals surface area (Å²) in [5.41, 5.74) is 10.9. The Hall–Kier alpha value is -2.07. The Kier molecular flexibility index (Phi) is 4.31. The molecule has 0 radical (unpaired) electrons. The van der Waals surface area contributed by atoms with Crippen LogP contribution in [0.15, 0.2) is 53.0 Å². The lowest BCUT2D eigenvalue weighted by Crippen LogP contribution is -2.42. The highest BCUT2D eigenvalue weighted by Crippen LogP contribution is 2.63. The highest BCUT2D eigenvalue weighted by molar-refractivity contribution is 6.77. The van der Waals surface area contributed by atoms with Crippen LogP contribution >= 0.6 is 0 Å².